The summed E-state index contributed by atoms with van der Waals surface area (Å²) in [6.07, 6.45) is 4.06. The van der Waals surface area contributed by atoms with Gasteiger partial charge in [0.15, 0.2) is 6.61 Å². The third-order valence-electron chi connectivity index (χ3n) is 5.94. The predicted octanol–water partition coefficient (Wildman–Crippen LogP) is 4.95. The molecule has 1 saturated carbocycles. The highest BCUT2D eigenvalue weighted by atomic mass is 35.5. The van der Waals surface area contributed by atoms with Crippen molar-refractivity contribution in [2.75, 3.05) is 6.61 Å². The highest BCUT2D eigenvalue weighted by Crippen LogP contribution is 2.26. The molecule has 172 valence electrons. The number of amides is 2. The summed E-state index contributed by atoms with van der Waals surface area (Å²) in [5, 5.41) is 3.68. The van der Waals surface area contributed by atoms with Crippen LogP contribution in [0.4, 0.5) is 4.39 Å². The zero-order valence-electron chi connectivity index (χ0n) is 18.8. The number of aryl methyl sites for hydroxylation is 2. The molecule has 0 heterocycles. The van der Waals surface area contributed by atoms with E-state index in [2.05, 4.69) is 5.32 Å². The van der Waals surface area contributed by atoms with Gasteiger partial charge in [0.05, 0.1) is 0 Å². The number of nitrogens with zero attached hydrogens (tertiary/aromatic N) is 1. The van der Waals surface area contributed by atoms with Gasteiger partial charge in [-0.05, 0) is 62.9 Å². The molecule has 0 spiro atoms. The van der Waals surface area contributed by atoms with E-state index < -0.39 is 17.8 Å². The van der Waals surface area contributed by atoms with Crippen LogP contribution in [-0.2, 0) is 16.1 Å². The molecular formula is C25H30ClFN2O3. The van der Waals surface area contributed by atoms with Crippen LogP contribution in [0.2, 0.25) is 5.02 Å². The number of rotatable bonds is 8. The van der Waals surface area contributed by atoms with Crippen molar-refractivity contribution < 1.29 is 18.7 Å². The Morgan fingerprint density at radius 1 is 1.19 bits per heavy atom. The highest BCUT2D eigenvalue weighted by molar-refractivity contribution is 6.32. The summed E-state index contributed by atoms with van der Waals surface area (Å²) in [5.74, 6) is -0.530. The van der Waals surface area contributed by atoms with Gasteiger partial charge in [0, 0.05) is 23.2 Å². The topological polar surface area (TPSA) is 58.6 Å². The first-order valence-electron chi connectivity index (χ1n) is 11.0. The normalized spacial score (nSPS) is 14.8. The van der Waals surface area contributed by atoms with Gasteiger partial charge in [0.25, 0.3) is 5.91 Å². The lowest BCUT2D eigenvalue weighted by Crippen LogP contribution is -2.50. The average molecular weight is 461 g/mol. The van der Waals surface area contributed by atoms with Crippen molar-refractivity contribution in [2.24, 2.45) is 0 Å². The second-order valence-corrected chi connectivity index (χ2v) is 8.82. The molecule has 0 aromatic heterocycles. The summed E-state index contributed by atoms with van der Waals surface area (Å²) in [6.45, 7) is 5.11. The Labute approximate surface area is 193 Å². The average Bonchev–Trinajstić information content (AvgIpc) is 3.27. The Hall–Kier alpha value is -2.60. The van der Waals surface area contributed by atoms with E-state index >= 15 is 0 Å². The van der Waals surface area contributed by atoms with Gasteiger partial charge in [-0.25, -0.2) is 4.39 Å². The number of nitrogens with one attached hydrogen (secondary N) is 1. The second-order valence-electron chi connectivity index (χ2n) is 8.44. The summed E-state index contributed by atoms with van der Waals surface area (Å²) in [4.78, 5) is 27.4. The Bertz CT molecular complexity index is 952. The monoisotopic (exact) mass is 460 g/mol. The zero-order valence-corrected chi connectivity index (χ0v) is 19.5. The molecule has 2 aromatic carbocycles. The Kier molecular flexibility index (Phi) is 8.13. The van der Waals surface area contributed by atoms with Gasteiger partial charge < -0.3 is 15.0 Å². The molecule has 0 bridgehead atoms. The number of hydrogen-bond acceptors (Lipinski definition) is 3. The SMILES string of the molecule is Cc1cc(OCC(=O)N(Cc2ccccc2F)[C@H](C)C(=O)NC2CCCC2)cc(C)c1Cl. The van der Waals surface area contributed by atoms with Crippen LogP contribution in [0.5, 0.6) is 5.75 Å². The number of halogens is 2. The fraction of sp³-hybridized carbons (Fsp3) is 0.440. The number of hydrogen-bond donors (Lipinski definition) is 1. The maximum absolute atomic E-state index is 14.3. The van der Waals surface area contributed by atoms with E-state index in [-0.39, 0.29) is 25.1 Å². The van der Waals surface area contributed by atoms with Gasteiger partial charge in [-0.2, -0.15) is 0 Å². The van der Waals surface area contributed by atoms with E-state index in [1.807, 2.05) is 13.8 Å². The van der Waals surface area contributed by atoms with Crippen LogP contribution in [-0.4, -0.2) is 35.4 Å². The quantitative estimate of drug-likeness (QED) is 0.606. The molecular weight excluding hydrogens is 431 g/mol. The van der Waals surface area contributed by atoms with Crippen molar-refractivity contribution in [2.45, 2.75) is 65.1 Å². The summed E-state index contributed by atoms with van der Waals surface area (Å²) >= 11 is 6.20. The van der Waals surface area contributed by atoms with E-state index in [0.717, 1.165) is 36.8 Å². The third kappa shape index (κ3) is 6.00. The lowest BCUT2D eigenvalue weighted by molar-refractivity contribution is -0.142. The molecule has 2 aromatic rings. The first-order valence-corrected chi connectivity index (χ1v) is 11.4. The Morgan fingerprint density at radius 3 is 2.44 bits per heavy atom. The molecule has 1 N–H and O–H groups in total. The number of benzene rings is 2. The van der Waals surface area contributed by atoms with Crippen molar-refractivity contribution >= 4 is 23.4 Å². The summed E-state index contributed by atoms with van der Waals surface area (Å²) in [5.41, 5.74) is 2.04. The van der Waals surface area contributed by atoms with E-state index in [0.29, 0.717) is 16.3 Å². The smallest absolute Gasteiger partial charge is 0.261 e. The van der Waals surface area contributed by atoms with Gasteiger partial charge in [0.1, 0.15) is 17.6 Å². The first-order chi connectivity index (χ1) is 15.3. The molecule has 0 saturated heterocycles. The van der Waals surface area contributed by atoms with Gasteiger partial charge in [-0.3, -0.25) is 9.59 Å². The van der Waals surface area contributed by atoms with E-state index in [1.54, 1.807) is 37.3 Å². The molecule has 32 heavy (non-hydrogen) atoms. The van der Waals surface area contributed by atoms with E-state index in [1.165, 1.54) is 11.0 Å². The number of carbonyl (C=O) groups excluding carboxylic acids is 2. The molecule has 5 nitrogen and oxygen atoms in total. The number of carbonyl (C=O) groups is 2. The molecule has 7 heteroatoms. The maximum Gasteiger partial charge on any atom is 0.261 e. The van der Waals surface area contributed by atoms with Gasteiger partial charge in [-0.15, -0.1) is 0 Å². The van der Waals surface area contributed by atoms with Crippen molar-refractivity contribution in [3.63, 3.8) is 0 Å². The Balaban J connectivity index is 1.75. The molecule has 3 rings (SSSR count). The molecule has 0 unspecified atom stereocenters. The van der Waals surface area contributed by atoms with Gasteiger partial charge in [0.2, 0.25) is 5.91 Å². The van der Waals surface area contributed by atoms with Crippen molar-refractivity contribution in [1.29, 1.82) is 0 Å². The highest BCUT2D eigenvalue weighted by Gasteiger charge is 2.29. The van der Waals surface area contributed by atoms with E-state index in [9.17, 15) is 14.0 Å². The van der Waals surface area contributed by atoms with Crippen LogP contribution in [0.15, 0.2) is 36.4 Å². The van der Waals surface area contributed by atoms with Gasteiger partial charge in [-0.1, -0.05) is 42.6 Å². The summed E-state index contributed by atoms with van der Waals surface area (Å²) in [7, 11) is 0. The molecule has 1 atom stereocenters. The minimum atomic E-state index is -0.764. The van der Waals surface area contributed by atoms with Crippen molar-refractivity contribution in [3.05, 3.63) is 63.9 Å². The summed E-state index contributed by atoms with van der Waals surface area (Å²) < 4.78 is 20.0. The van der Waals surface area contributed by atoms with Crippen LogP contribution in [0, 0.1) is 19.7 Å². The standard InChI is InChI=1S/C25H30ClFN2O3/c1-16-12-21(13-17(2)24(16)26)32-15-23(30)29(14-19-8-4-7-11-22(19)27)18(3)25(31)28-20-9-5-6-10-20/h4,7-8,11-13,18,20H,5-6,9-10,14-15H2,1-3H3,(H,28,31)/t18-/m1/s1. The van der Waals surface area contributed by atoms with Gasteiger partial charge >= 0.3 is 0 Å². The fourth-order valence-corrected chi connectivity index (χ4v) is 4.11. The predicted molar refractivity (Wildman–Crippen MR) is 123 cm³/mol. The largest absolute Gasteiger partial charge is 0.484 e. The lowest BCUT2D eigenvalue weighted by Gasteiger charge is -2.29. The lowest BCUT2D eigenvalue weighted by atomic mass is 10.1. The molecule has 0 aliphatic heterocycles. The molecule has 1 aliphatic carbocycles. The van der Waals surface area contributed by atoms with Crippen LogP contribution in [0.25, 0.3) is 0 Å². The van der Waals surface area contributed by atoms with Crippen LogP contribution in [0.1, 0.15) is 49.3 Å². The zero-order chi connectivity index (χ0) is 23.3. The summed E-state index contributed by atoms with van der Waals surface area (Å²) in [6, 6.07) is 9.16. The van der Waals surface area contributed by atoms with Crippen LogP contribution < -0.4 is 10.1 Å². The fourth-order valence-electron chi connectivity index (χ4n) is 4.00. The second kappa shape index (κ2) is 10.8. The molecule has 1 aliphatic rings. The van der Waals surface area contributed by atoms with Crippen LogP contribution >= 0.6 is 11.6 Å². The minimum Gasteiger partial charge on any atom is -0.484 e. The number of ether oxygens (including phenoxy) is 1. The first kappa shape index (κ1) is 24.1. The van der Waals surface area contributed by atoms with Crippen LogP contribution in [0.3, 0.4) is 0 Å². The van der Waals surface area contributed by atoms with Crippen molar-refractivity contribution in [3.8, 4) is 5.75 Å². The third-order valence-corrected chi connectivity index (χ3v) is 6.54. The van der Waals surface area contributed by atoms with Crippen molar-refractivity contribution in [1.82, 2.24) is 10.2 Å². The maximum atomic E-state index is 14.3. The van der Waals surface area contributed by atoms with E-state index in [4.69, 9.17) is 16.3 Å². The minimum absolute atomic E-state index is 0.0210. The molecule has 2 amide bonds. The Morgan fingerprint density at radius 2 is 1.81 bits per heavy atom. The molecule has 0 radical (unpaired) electrons. The molecule has 1 fully saturated rings.